The van der Waals surface area contributed by atoms with Gasteiger partial charge in [0.25, 0.3) is 0 Å². The van der Waals surface area contributed by atoms with Crippen LogP contribution in [0.4, 0.5) is 5.95 Å². The van der Waals surface area contributed by atoms with Crippen molar-refractivity contribution in [2.24, 2.45) is 0 Å². The second kappa shape index (κ2) is 4.20. The molecule has 1 aliphatic rings. The summed E-state index contributed by atoms with van der Waals surface area (Å²) < 4.78 is 6.41. The van der Waals surface area contributed by atoms with E-state index >= 15 is 0 Å². The fourth-order valence-electron chi connectivity index (χ4n) is 1.60. The molecule has 1 saturated heterocycles. The van der Waals surface area contributed by atoms with Crippen LogP contribution in [0.5, 0.6) is 0 Å². The third-order valence-electron chi connectivity index (χ3n) is 2.44. The van der Waals surface area contributed by atoms with E-state index in [2.05, 4.69) is 9.97 Å². The van der Waals surface area contributed by atoms with E-state index in [9.17, 15) is 9.90 Å². The molecule has 1 fully saturated rings. The normalized spacial score (nSPS) is 25.0. The van der Waals surface area contributed by atoms with Gasteiger partial charge in [0.15, 0.2) is 0 Å². The molecule has 2 heterocycles. The molecule has 4 N–H and O–H groups in total. The van der Waals surface area contributed by atoms with Gasteiger partial charge < -0.3 is 20.6 Å². The number of rotatable bonds is 2. The highest BCUT2D eigenvalue weighted by Gasteiger charge is 2.38. The van der Waals surface area contributed by atoms with Gasteiger partial charge in [-0.25, -0.2) is 9.78 Å². The number of aliphatic hydroxyl groups is 2. The van der Waals surface area contributed by atoms with Gasteiger partial charge in [-0.05, 0) is 0 Å². The average Bonchev–Trinajstić information content (AvgIpc) is 2.59. The first kappa shape index (κ1) is 11.1. The molecule has 0 bridgehead atoms. The third kappa shape index (κ3) is 1.92. The SMILES string of the molecule is Nc1ncn(C2C[C@@H](O)B(CO)O2)c(=O)n1. The van der Waals surface area contributed by atoms with Crippen LogP contribution in [-0.2, 0) is 4.65 Å². The van der Waals surface area contributed by atoms with Crippen LogP contribution >= 0.6 is 0 Å². The Balaban J connectivity index is 2.23. The number of anilines is 1. The van der Waals surface area contributed by atoms with E-state index in [0.717, 1.165) is 4.57 Å². The molecule has 0 aliphatic carbocycles. The van der Waals surface area contributed by atoms with Gasteiger partial charge >= 0.3 is 12.6 Å². The molecule has 8 nitrogen and oxygen atoms in total. The molecule has 0 aromatic carbocycles. The second-order valence-electron chi connectivity index (χ2n) is 3.52. The summed E-state index contributed by atoms with van der Waals surface area (Å²) in [5.74, 6) is -0.112. The molecule has 1 aromatic rings. The molecule has 0 amide bonds. The topological polar surface area (TPSA) is 123 Å². The number of hydrogen-bond acceptors (Lipinski definition) is 7. The third-order valence-corrected chi connectivity index (χ3v) is 2.44. The number of hydrogen-bond donors (Lipinski definition) is 3. The zero-order valence-corrected chi connectivity index (χ0v) is 8.35. The lowest BCUT2D eigenvalue weighted by molar-refractivity contribution is 0.133. The Morgan fingerprint density at radius 3 is 3.06 bits per heavy atom. The zero-order valence-electron chi connectivity index (χ0n) is 8.35. The van der Waals surface area contributed by atoms with Crippen molar-refractivity contribution in [1.29, 1.82) is 0 Å². The van der Waals surface area contributed by atoms with Crippen LogP contribution in [0.2, 0.25) is 0 Å². The summed E-state index contributed by atoms with van der Waals surface area (Å²) in [6.45, 7) is -0.989. The first-order valence-corrected chi connectivity index (χ1v) is 4.77. The molecule has 1 aliphatic heterocycles. The van der Waals surface area contributed by atoms with Gasteiger partial charge in [-0.2, -0.15) is 4.98 Å². The van der Waals surface area contributed by atoms with E-state index in [4.69, 9.17) is 15.5 Å². The maximum atomic E-state index is 11.4. The summed E-state index contributed by atoms with van der Waals surface area (Å²) in [4.78, 5) is 18.5. The molecule has 0 saturated carbocycles. The van der Waals surface area contributed by atoms with Gasteiger partial charge in [0.05, 0.1) is 12.5 Å². The summed E-state index contributed by atoms with van der Waals surface area (Å²) in [7, 11) is 0. The lowest BCUT2D eigenvalue weighted by Gasteiger charge is -2.13. The summed E-state index contributed by atoms with van der Waals surface area (Å²) in [6, 6.07) is -0.806. The van der Waals surface area contributed by atoms with E-state index in [1.807, 2.05) is 0 Å². The predicted octanol–water partition coefficient (Wildman–Crippen LogP) is -2.44. The highest BCUT2D eigenvalue weighted by molar-refractivity contribution is 6.53. The Morgan fingerprint density at radius 1 is 1.75 bits per heavy atom. The standard InChI is InChI=1S/C7H11BN4O4/c9-6-10-3-12(7(15)11-6)5-1-4(14)8(2-13)16-5/h3-5,13-14H,1-2H2,(H2,9,11,15)/t4-,5?/m1/s1. The van der Waals surface area contributed by atoms with Crippen molar-refractivity contribution in [3.8, 4) is 0 Å². The van der Waals surface area contributed by atoms with Gasteiger partial charge in [0, 0.05) is 6.42 Å². The first-order valence-electron chi connectivity index (χ1n) is 4.77. The zero-order chi connectivity index (χ0) is 11.7. The summed E-state index contributed by atoms with van der Waals surface area (Å²) in [5.41, 5.74) is 4.65. The minimum atomic E-state index is -0.806. The summed E-state index contributed by atoms with van der Waals surface area (Å²) >= 11 is 0. The number of nitrogens with zero attached hydrogens (tertiary/aromatic N) is 3. The van der Waals surface area contributed by atoms with Crippen molar-refractivity contribution in [3.05, 3.63) is 16.8 Å². The van der Waals surface area contributed by atoms with Crippen molar-refractivity contribution < 1.29 is 14.9 Å². The molecule has 0 spiro atoms. The minimum Gasteiger partial charge on any atom is -0.411 e. The molecule has 0 radical (unpaired) electrons. The van der Waals surface area contributed by atoms with Crippen LogP contribution < -0.4 is 11.4 Å². The van der Waals surface area contributed by atoms with Gasteiger partial charge in [0.1, 0.15) is 12.6 Å². The van der Waals surface area contributed by atoms with Crippen LogP contribution in [0.1, 0.15) is 12.6 Å². The van der Waals surface area contributed by atoms with E-state index in [-0.39, 0.29) is 18.9 Å². The van der Waals surface area contributed by atoms with Gasteiger partial charge in [-0.3, -0.25) is 4.57 Å². The highest BCUT2D eigenvalue weighted by Crippen LogP contribution is 2.24. The molecule has 16 heavy (non-hydrogen) atoms. The van der Waals surface area contributed by atoms with Crippen LogP contribution in [0.25, 0.3) is 0 Å². The maximum absolute atomic E-state index is 11.4. The molecule has 1 unspecified atom stereocenters. The van der Waals surface area contributed by atoms with Gasteiger partial charge in [-0.1, -0.05) is 0 Å². The van der Waals surface area contributed by atoms with Crippen molar-refractivity contribution in [2.75, 3.05) is 12.2 Å². The molecular weight excluding hydrogens is 215 g/mol. The van der Waals surface area contributed by atoms with Crippen LogP contribution in [-0.4, -0.2) is 44.2 Å². The Hall–Kier alpha value is -1.45. The molecule has 1 aromatic heterocycles. The van der Waals surface area contributed by atoms with Crippen molar-refractivity contribution in [3.63, 3.8) is 0 Å². The molecular formula is C7H11BN4O4. The smallest absolute Gasteiger partial charge is 0.354 e. The van der Waals surface area contributed by atoms with Gasteiger partial charge in [-0.15, -0.1) is 0 Å². The average molecular weight is 226 g/mol. The molecule has 2 atom stereocenters. The number of nitrogen functional groups attached to an aromatic ring is 1. The Labute approximate surface area is 90.8 Å². The van der Waals surface area contributed by atoms with E-state index in [0.29, 0.717) is 0 Å². The summed E-state index contributed by atoms with van der Waals surface area (Å²) in [5, 5.41) is 18.4. The molecule has 9 heteroatoms. The Morgan fingerprint density at radius 2 is 2.50 bits per heavy atom. The Bertz CT molecular complexity index is 439. The Kier molecular flexibility index (Phi) is 2.90. The van der Waals surface area contributed by atoms with Crippen molar-refractivity contribution in [1.82, 2.24) is 14.5 Å². The fraction of sp³-hybridized carbons (Fsp3) is 0.571. The molecule has 2 rings (SSSR count). The lowest BCUT2D eigenvalue weighted by Crippen LogP contribution is -2.31. The fourth-order valence-corrected chi connectivity index (χ4v) is 1.60. The monoisotopic (exact) mass is 226 g/mol. The van der Waals surface area contributed by atoms with Crippen molar-refractivity contribution in [2.45, 2.75) is 18.7 Å². The van der Waals surface area contributed by atoms with Crippen LogP contribution in [0, 0.1) is 0 Å². The van der Waals surface area contributed by atoms with E-state index in [1.54, 1.807) is 0 Å². The maximum Gasteiger partial charge on any atom is 0.354 e. The van der Waals surface area contributed by atoms with E-state index < -0.39 is 24.8 Å². The largest absolute Gasteiger partial charge is 0.411 e. The van der Waals surface area contributed by atoms with Crippen LogP contribution in [0.3, 0.4) is 0 Å². The highest BCUT2D eigenvalue weighted by atomic mass is 16.5. The number of nitrogens with two attached hydrogens (primary N) is 1. The number of aliphatic hydroxyl groups excluding tert-OH is 2. The minimum absolute atomic E-state index is 0.112. The summed E-state index contributed by atoms with van der Waals surface area (Å²) in [6.07, 6.45) is 0.750. The number of aromatic nitrogens is 3. The van der Waals surface area contributed by atoms with E-state index in [1.165, 1.54) is 6.33 Å². The van der Waals surface area contributed by atoms with Gasteiger partial charge in [0.2, 0.25) is 5.95 Å². The lowest BCUT2D eigenvalue weighted by atomic mass is 9.64. The predicted molar refractivity (Wildman–Crippen MR) is 54.3 cm³/mol. The molecule has 86 valence electrons. The quantitative estimate of drug-likeness (QED) is 0.478. The van der Waals surface area contributed by atoms with Crippen molar-refractivity contribution >= 4 is 12.9 Å². The van der Waals surface area contributed by atoms with Crippen LogP contribution in [0.15, 0.2) is 11.1 Å². The second-order valence-corrected chi connectivity index (χ2v) is 3.52. The first-order chi connectivity index (χ1) is 7.61.